The number of amides is 1. The molecule has 0 radical (unpaired) electrons. The average molecular weight is 332 g/mol. The van der Waals surface area contributed by atoms with Gasteiger partial charge in [-0.1, -0.05) is 12.1 Å². The Morgan fingerprint density at radius 1 is 1.52 bits per heavy atom. The van der Waals surface area contributed by atoms with E-state index in [-0.39, 0.29) is 17.8 Å². The van der Waals surface area contributed by atoms with Crippen LogP contribution in [0.15, 0.2) is 35.7 Å². The van der Waals surface area contributed by atoms with Crippen LogP contribution in [0.1, 0.15) is 29.3 Å². The van der Waals surface area contributed by atoms with Gasteiger partial charge in [0.1, 0.15) is 16.9 Å². The van der Waals surface area contributed by atoms with E-state index in [0.29, 0.717) is 6.54 Å². The number of benzene rings is 1. The van der Waals surface area contributed by atoms with Gasteiger partial charge >= 0.3 is 0 Å². The van der Waals surface area contributed by atoms with E-state index >= 15 is 0 Å². The second-order valence-corrected chi connectivity index (χ2v) is 6.07. The van der Waals surface area contributed by atoms with Crippen molar-refractivity contribution in [3.05, 3.63) is 52.0 Å². The Labute approximate surface area is 139 Å². The molecule has 6 heteroatoms. The number of aromatic nitrogens is 1. The van der Waals surface area contributed by atoms with E-state index in [2.05, 4.69) is 4.98 Å². The number of methoxy groups -OCH3 is 1. The fourth-order valence-electron chi connectivity index (χ4n) is 1.93. The van der Waals surface area contributed by atoms with Crippen molar-refractivity contribution in [2.24, 2.45) is 0 Å². The van der Waals surface area contributed by atoms with Crippen molar-refractivity contribution in [3.63, 3.8) is 0 Å². The lowest BCUT2D eigenvalue weighted by atomic mass is 10.2. The van der Waals surface area contributed by atoms with Gasteiger partial charge in [0.15, 0.2) is 0 Å². The fraction of sp³-hybridized carbons (Fsp3) is 0.294. The minimum Gasteiger partial charge on any atom is -0.508 e. The molecule has 1 atom stereocenters. The van der Waals surface area contributed by atoms with Gasteiger partial charge in [-0.25, -0.2) is 4.98 Å². The van der Waals surface area contributed by atoms with Gasteiger partial charge in [0.05, 0.1) is 12.2 Å². The molecule has 0 aliphatic heterocycles. The van der Waals surface area contributed by atoms with Crippen molar-refractivity contribution in [1.82, 2.24) is 9.88 Å². The fourth-order valence-corrected chi connectivity index (χ4v) is 2.77. The number of nitrogens with zero attached hydrogens (tertiary/aromatic N) is 2. The summed E-state index contributed by atoms with van der Waals surface area (Å²) in [6.45, 7) is 2.38. The van der Waals surface area contributed by atoms with Crippen molar-refractivity contribution in [2.45, 2.75) is 19.6 Å². The van der Waals surface area contributed by atoms with Crippen LogP contribution < -0.4 is 0 Å². The molecule has 2 aromatic rings. The number of hydrogen-bond donors (Lipinski definition) is 1. The molecule has 0 saturated heterocycles. The molecule has 0 bridgehead atoms. The van der Waals surface area contributed by atoms with Crippen molar-refractivity contribution in [3.8, 4) is 5.75 Å². The van der Waals surface area contributed by atoms with Crippen LogP contribution in [-0.2, 0) is 16.1 Å². The van der Waals surface area contributed by atoms with Crippen molar-refractivity contribution in [1.29, 1.82) is 0 Å². The highest BCUT2D eigenvalue weighted by Gasteiger charge is 2.12. The summed E-state index contributed by atoms with van der Waals surface area (Å²) in [5, 5.41) is 12.2. The zero-order valence-corrected chi connectivity index (χ0v) is 14.2. The predicted molar refractivity (Wildman–Crippen MR) is 91.2 cm³/mol. The SMILES string of the molecule is COC(C)c1nc(CN(C)C(=O)C=Cc2cccc(O)c2)cs1. The zero-order valence-electron chi connectivity index (χ0n) is 13.4. The molecule has 1 aromatic heterocycles. The highest BCUT2D eigenvalue weighted by molar-refractivity contribution is 7.09. The Morgan fingerprint density at radius 3 is 3.00 bits per heavy atom. The summed E-state index contributed by atoms with van der Waals surface area (Å²) in [6.07, 6.45) is 3.12. The third kappa shape index (κ3) is 4.91. The quantitative estimate of drug-likeness (QED) is 0.825. The maximum atomic E-state index is 12.1. The lowest BCUT2D eigenvalue weighted by molar-refractivity contribution is -0.125. The van der Waals surface area contributed by atoms with Gasteiger partial charge in [0.25, 0.3) is 0 Å². The van der Waals surface area contributed by atoms with E-state index in [1.165, 1.54) is 17.4 Å². The summed E-state index contributed by atoms with van der Waals surface area (Å²) >= 11 is 1.53. The minimum absolute atomic E-state index is 0.0413. The highest BCUT2D eigenvalue weighted by Crippen LogP contribution is 2.21. The lowest BCUT2D eigenvalue weighted by Crippen LogP contribution is -2.24. The number of phenolic OH excluding ortho intramolecular Hbond substituents is 1. The molecule has 0 fully saturated rings. The van der Waals surface area contributed by atoms with E-state index < -0.39 is 0 Å². The monoisotopic (exact) mass is 332 g/mol. The average Bonchev–Trinajstić information content (AvgIpc) is 3.00. The topological polar surface area (TPSA) is 62.7 Å². The second kappa shape index (κ2) is 7.89. The molecule has 122 valence electrons. The Kier molecular flexibility index (Phi) is 5.90. The van der Waals surface area contributed by atoms with Gasteiger partial charge < -0.3 is 14.7 Å². The van der Waals surface area contributed by atoms with Crippen LogP contribution >= 0.6 is 11.3 Å². The van der Waals surface area contributed by atoms with Crippen LogP contribution in [0.4, 0.5) is 0 Å². The number of likely N-dealkylation sites (N-methyl/N-ethyl adjacent to an activating group) is 1. The molecule has 0 spiro atoms. The number of phenols is 1. The first-order valence-electron chi connectivity index (χ1n) is 7.19. The Balaban J connectivity index is 1.96. The Morgan fingerprint density at radius 2 is 2.30 bits per heavy atom. The summed E-state index contributed by atoms with van der Waals surface area (Å²) in [5.74, 6) is 0.0536. The third-order valence-electron chi connectivity index (χ3n) is 3.33. The van der Waals surface area contributed by atoms with Gasteiger partial charge in [-0.3, -0.25) is 4.79 Å². The summed E-state index contributed by atoms with van der Waals surface area (Å²) in [6, 6.07) is 6.74. The second-order valence-electron chi connectivity index (χ2n) is 5.18. The van der Waals surface area contributed by atoms with Crippen LogP contribution in [0.5, 0.6) is 5.75 Å². The van der Waals surface area contributed by atoms with Gasteiger partial charge in [-0.05, 0) is 30.7 Å². The molecule has 5 nitrogen and oxygen atoms in total. The summed E-state index contributed by atoms with van der Waals surface area (Å²) in [4.78, 5) is 18.2. The highest BCUT2D eigenvalue weighted by atomic mass is 32.1. The van der Waals surface area contributed by atoms with Gasteiger partial charge in [-0.2, -0.15) is 0 Å². The smallest absolute Gasteiger partial charge is 0.246 e. The third-order valence-corrected chi connectivity index (χ3v) is 4.39. The Bertz CT molecular complexity index is 697. The van der Waals surface area contributed by atoms with Crippen molar-refractivity contribution >= 4 is 23.3 Å². The van der Waals surface area contributed by atoms with E-state index in [1.54, 1.807) is 43.3 Å². The lowest BCUT2D eigenvalue weighted by Gasteiger charge is -2.13. The number of thiazole rings is 1. The minimum atomic E-state index is -0.123. The summed E-state index contributed by atoms with van der Waals surface area (Å²) in [7, 11) is 3.38. The Hall–Kier alpha value is -2.18. The van der Waals surface area contributed by atoms with E-state index in [1.807, 2.05) is 18.4 Å². The normalized spacial score (nSPS) is 12.5. The van der Waals surface area contributed by atoms with Crippen LogP contribution in [-0.4, -0.2) is 35.1 Å². The van der Waals surface area contributed by atoms with Gasteiger partial charge in [0, 0.05) is 25.6 Å². The molecule has 1 N–H and O–H groups in total. The molecule has 0 saturated carbocycles. The van der Waals surface area contributed by atoms with Gasteiger partial charge in [0.2, 0.25) is 5.91 Å². The van der Waals surface area contributed by atoms with Crippen LogP contribution in [0.3, 0.4) is 0 Å². The first-order valence-corrected chi connectivity index (χ1v) is 8.07. The first kappa shape index (κ1) is 17.2. The number of rotatable bonds is 6. The molecular formula is C17H20N2O3S. The summed E-state index contributed by atoms with van der Waals surface area (Å²) < 4.78 is 5.23. The van der Waals surface area contributed by atoms with Crippen molar-refractivity contribution in [2.75, 3.05) is 14.2 Å². The number of hydrogen-bond acceptors (Lipinski definition) is 5. The first-order chi connectivity index (χ1) is 11.0. The molecule has 1 heterocycles. The molecular weight excluding hydrogens is 312 g/mol. The van der Waals surface area contributed by atoms with Gasteiger partial charge in [-0.15, -0.1) is 11.3 Å². The molecule has 0 aliphatic carbocycles. The van der Waals surface area contributed by atoms with Crippen molar-refractivity contribution < 1.29 is 14.6 Å². The zero-order chi connectivity index (χ0) is 16.8. The number of aromatic hydroxyl groups is 1. The molecule has 1 aromatic carbocycles. The van der Waals surface area contributed by atoms with E-state index in [9.17, 15) is 9.90 Å². The maximum Gasteiger partial charge on any atom is 0.246 e. The standard InChI is InChI=1S/C17H20N2O3S/c1-12(22-3)17-18-14(11-23-17)10-19(2)16(21)8-7-13-5-4-6-15(20)9-13/h4-9,11-12,20H,10H2,1-3H3. The molecule has 2 rings (SSSR count). The largest absolute Gasteiger partial charge is 0.508 e. The van der Waals surface area contributed by atoms with E-state index in [0.717, 1.165) is 16.3 Å². The van der Waals surface area contributed by atoms with Crippen LogP contribution in [0.2, 0.25) is 0 Å². The number of carbonyl (C=O) groups excluding carboxylic acids is 1. The predicted octanol–water partition coefficient (Wildman–Crippen LogP) is 3.23. The molecule has 1 amide bonds. The molecule has 0 aliphatic rings. The number of carbonyl (C=O) groups is 1. The van der Waals surface area contributed by atoms with Crippen LogP contribution in [0.25, 0.3) is 6.08 Å². The van der Waals surface area contributed by atoms with E-state index in [4.69, 9.17) is 4.74 Å². The number of ether oxygens (including phenoxy) is 1. The maximum absolute atomic E-state index is 12.1. The summed E-state index contributed by atoms with van der Waals surface area (Å²) in [5.41, 5.74) is 1.62. The molecule has 23 heavy (non-hydrogen) atoms. The van der Waals surface area contributed by atoms with Crippen LogP contribution in [0, 0.1) is 0 Å². The molecule has 1 unspecified atom stereocenters.